The zero-order valence-corrected chi connectivity index (χ0v) is 8.06. The molecule has 1 aliphatic carbocycles. The van der Waals surface area contributed by atoms with Gasteiger partial charge in [0.1, 0.15) is 0 Å². The fraction of sp³-hybridized carbons (Fsp3) is 0.833. The molecule has 0 radical (unpaired) electrons. The molecule has 0 unspecified atom stereocenters. The highest BCUT2D eigenvalue weighted by Gasteiger charge is 2.45. The zero-order valence-electron chi connectivity index (χ0n) is 6.49. The van der Waals surface area contributed by atoms with Gasteiger partial charge in [-0.05, 0) is 12.3 Å². The van der Waals surface area contributed by atoms with E-state index < -0.39 is 9.05 Å². The van der Waals surface area contributed by atoms with Gasteiger partial charge in [0.2, 0.25) is 9.05 Å². The average molecular weight is 213 g/mol. The molecule has 1 rings (SSSR count). The van der Waals surface area contributed by atoms with E-state index in [9.17, 15) is 13.2 Å². The zero-order chi connectivity index (χ0) is 9.35. The molecule has 1 aliphatic rings. The Hall–Kier alpha value is -0.290. The van der Waals surface area contributed by atoms with Crippen molar-refractivity contribution in [3.8, 4) is 0 Å². The third-order valence-corrected chi connectivity index (χ3v) is 3.04. The first-order valence-corrected chi connectivity index (χ1v) is 5.92. The van der Waals surface area contributed by atoms with Crippen LogP contribution in [0.15, 0.2) is 0 Å². The molecule has 0 saturated heterocycles. The summed E-state index contributed by atoms with van der Waals surface area (Å²) >= 11 is 0. The van der Waals surface area contributed by atoms with E-state index in [1.54, 1.807) is 0 Å². The van der Waals surface area contributed by atoms with Gasteiger partial charge in [-0.1, -0.05) is 0 Å². The fourth-order valence-corrected chi connectivity index (χ4v) is 2.49. The molecule has 0 bridgehead atoms. The van der Waals surface area contributed by atoms with E-state index in [4.69, 9.17) is 10.7 Å². The van der Waals surface area contributed by atoms with Crippen LogP contribution in [-0.4, -0.2) is 27.2 Å². The predicted octanol–water partition coefficient (Wildman–Crippen LogP) is 0.364. The number of ether oxygens (including phenoxy) is 1. The molecule has 12 heavy (non-hydrogen) atoms. The molecule has 0 aliphatic heterocycles. The smallest absolute Gasteiger partial charge is 0.308 e. The van der Waals surface area contributed by atoms with Crippen LogP contribution in [0.25, 0.3) is 0 Å². The highest BCUT2D eigenvalue weighted by atomic mass is 35.7. The summed E-state index contributed by atoms with van der Waals surface area (Å²) in [6.07, 6.45) is 0.568. The molecule has 1 saturated carbocycles. The Kier molecular flexibility index (Phi) is 2.63. The number of rotatable bonds is 3. The van der Waals surface area contributed by atoms with E-state index >= 15 is 0 Å². The molecule has 2 atom stereocenters. The summed E-state index contributed by atoms with van der Waals surface area (Å²) in [5.41, 5.74) is 0. The van der Waals surface area contributed by atoms with Gasteiger partial charge in [0.25, 0.3) is 0 Å². The SMILES string of the molecule is COC(=O)[C@@H]1C[C@H]1CS(=O)(=O)Cl. The normalized spacial score (nSPS) is 28.2. The first kappa shape index (κ1) is 9.80. The van der Waals surface area contributed by atoms with Gasteiger partial charge in [-0.3, -0.25) is 4.79 Å². The van der Waals surface area contributed by atoms with Crippen molar-refractivity contribution in [3.63, 3.8) is 0 Å². The number of carbonyl (C=O) groups is 1. The summed E-state index contributed by atoms with van der Waals surface area (Å²) in [5.74, 6) is -0.877. The van der Waals surface area contributed by atoms with Gasteiger partial charge in [0.15, 0.2) is 0 Å². The van der Waals surface area contributed by atoms with Crippen LogP contribution < -0.4 is 0 Å². The van der Waals surface area contributed by atoms with Crippen LogP contribution in [0.2, 0.25) is 0 Å². The molecule has 70 valence electrons. The summed E-state index contributed by atoms with van der Waals surface area (Å²) < 4.78 is 25.5. The van der Waals surface area contributed by atoms with Gasteiger partial charge in [0.05, 0.1) is 18.8 Å². The minimum atomic E-state index is -3.47. The minimum absolute atomic E-state index is 0.131. The Morgan fingerprint density at radius 2 is 2.25 bits per heavy atom. The lowest BCUT2D eigenvalue weighted by atomic mass is 10.3. The van der Waals surface area contributed by atoms with Crippen molar-refractivity contribution in [3.05, 3.63) is 0 Å². The van der Waals surface area contributed by atoms with E-state index in [2.05, 4.69) is 4.74 Å². The van der Waals surface area contributed by atoms with Gasteiger partial charge >= 0.3 is 5.97 Å². The Balaban J connectivity index is 2.39. The summed E-state index contributed by atoms with van der Waals surface area (Å²) in [4.78, 5) is 10.8. The first-order chi connectivity index (χ1) is 5.44. The van der Waals surface area contributed by atoms with Gasteiger partial charge in [-0.2, -0.15) is 0 Å². The summed E-state index contributed by atoms with van der Waals surface area (Å²) in [7, 11) is 2.81. The number of halogens is 1. The van der Waals surface area contributed by atoms with Crippen LogP contribution in [0.3, 0.4) is 0 Å². The summed E-state index contributed by atoms with van der Waals surface area (Å²) in [6.45, 7) is 0. The van der Waals surface area contributed by atoms with Gasteiger partial charge < -0.3 is 4.74 Å². The Bertz CT molecular complexity index is 284. The molecule has 4 nitrogen and oxygen atoms in total. The molecule has 0 heterocycles. The van der Waals surface area contributed by atoms with Crippen molar-refractivity contribution in [1.82, 2.24) is 0 Å². The summed E-state index contributed by atoms with van der Waals surface area (Å²) in [5, 5.41) is 0. The molecule has 0 amide bonds. The molecule has 0 spiro atoms. The number of hydrogen-bond donors (Lipinski definition) is 0. The highest BCUT2D eigenvalue weighted by molar-refractivity contribution is 8.13. The van der Waals surface area contributed by atoms with E-state index in [1.165, 1.54) is 7.11 Å². The second-order valence-electron chi connectivity index (χ2n) is 2.83. The monoisotopic (exact) mass is 212 g/mol. The van der Waals surface area contributed by atoms with Crippen LogP contribution in [-0.2, 0) is 18.6 Å². The van der Waals surface area contributed by atoms with Crippen LogP contribution in [0.1, 0.15) is 6.42 Å². The second-order valence-corrected chi connectivity index (χ2v) is 5.65. The number of methoxy groups -OCH3 is 1. The molecule has 0 N–H and O–H groups in total. The average Bonchev–Trinajstić information content (AvgIpc) is 2.62. The quantitative estimate of drug-likeness (QED) is 0.501. The maximum Gasteiger partial charge on any atom is 0.308 e. The van der Waals surface area contributed by atoms with Crippen LogP contribution in [0.4, 0.5) is 0 Å². The highest BCUT2D eigenvalue weighted by Crippen LogP contribution is 2.40. The van der Waals surface area contributed by atoms with E-state index in [-0.39, 0.29) is 23.6 Å². The number of esters is 1. The first-order valence-electron chi connectivity index (χ1n) is 3.44. The Morgan fingerprint density at radius 1 is 1.67 bits per heavy atom. The summed E-state index contributed by atoms with van der Waals surface area (Å²) in [6, 6.07) is 0. The number of carbonyl (C=O) groups excluding carboxylic acids is 1. The van der Waals surface area contributed by atoms with Gasteiger partial charge in [-0.15, -0.1) is 0 Å². The molecular formula is C6H9ClO4S. The van der Waals surface area contributed by atoms with Crippen LogP contribution >= 0.6 is 10.7 Å². The molecule has 1 fully saturated rings. The van der Waals surface area contributed by atoms with Crippen molar-refractivity contribution in [1.29, 1.82) is 0 Å². The lowest BCUT2D eigenvalue weighted by molar-refractivity contribution is -0.142. The topological polar surface area (TPSA) is 60.4 Å². The number of hydrogen-bond acceptors (Lipinski definition) is 4. The maximum atomic E-state index is 10.8. The third kappa shape index (κ3) is 2.64. The van der Waals surface area contributed by atoms with Crippen molar-refractivity contribution in [2.75, 3.05) is 12.9 Å². The largest absolute Gasteiger partial charge is 0.469 e. The van der Waals surface area contributed by atoms with E-state index in [0.29, 0.717) is 6.42 Å². The third-order valence-electron chi connectivity index (χ3n) is 1.84. The van der Waals surface area contributed by atoms with Crippen molar-refractivity contribution in [2.24, 2.45) is 11.8 Å². The van der Waals surface area contributed by atoms with Crippen molar-refractivity contribution in [2.45, 2.75) is 6.42 Å². The predicted molar refractivity (Wildman–Crippen MR) is 43.3 cm³/mol. The van der Waals surface area contributed by atoms with Gasteiger partial charge in [-0.25, -0.2) is 8.42 Å². The molecule has 6 heteroatoms. The maximum absolute atomic E-state index is 10.8. The lowest BCUT2D eigenvalue weighted by Gasteiger charge is -1.95. The minimum Gasteiger partial charge on any atom is -0.469 e. The standard InChI is InChI=1S/C6H9ClO4S/c1-11-6(8)5-2-4(5)3-12(7,9)10/h4-5H,2-3H2,1H3/t4-,5+/m0/s1. The van der Waals surface area contributed by atoms with Crippen molar-refractivity contribution >= 4 is 25.7 Å². The van der Waals surface area contributed by atoms with Gasteiger partial charge in [0, 0.05) is 10.7 Å². The molecule has 0 aromatic carbocycles. The molecule has 0 aromatic heterocycles. The molecule has 0 aromatic rings. The molecular weight excluding hydrogens is 204 g/mol. The van der Waals surface area contributed by atoms with Crippen LogP contribution in [0.5, 0.6) is 0 Å². The van der Waals surface area contributed by atoms with Crippen molar-refractivity contribution < 1.29 is 17.9 Å². The van der Waals surface area contributed by atoms with Crippen LogP contribution in [0, 0.1) is 11.8 Å². The fourth-order valence-electron chi connectivity index (χ4n) is 1.13. The van der Waals surface area contributed by atoms with E-state index in [1.807, 2.05) is 0 Å². The Morgan fingerprint density at radius 3 is 2.67 bits per heavy atom. The second kappa shape index (κ2) is 3.22. The Labute approximate surface area is 75.3 Å². The van der Waals surface area contributed by atoms with E-state index in [0.717, 1.165) is 0 Å². The lowest BCUT2D eigenvalue weighted by Crippen LogP contribution is -2.08.